The van der Waals surface area contributed by atoms with Gasteiger partial charge in [0.25, 0.3) is 0 Å². The molecular weight excluding hydrogens is 464 g/mol. The molecule has 5 N–H and O–H groups in total. The molecule has 36 heavy (non-hydrogen) atoms. The second-order valence-electron chi connectivity index (χ2n) is 8.79. The predicted molar refractivity (Wildman–Crippen MR) is 132 cm³/mol. The number of benzene rings is 2. The molecular formula is C26H27N4O6+. The van der Waals surface area contributed by atoms with Crippen LogP contribution in [0.15, 0.2) is 60.7 Å². The molecule has 0 saturated carbocycles. The van der Waals surface area contributed by atoms with Crippen molar-refractivity contribution in [1.82, 2.24) is 10.3 Å². The van der Waals surface area contributed by atoms with E-state index in [1.165, 1.54) is 0 Å². The number of aromatic nitrogens is 1. The number of H-pyrrole nitrogens is 1. The van der Waals surface area contributed by atoms with Crippen molar-refractivity contribution in [2.24, 2.45) is 0 Å². The quantitative estimate of drug-likeness (QED) is 0.263. The van der Waals surface area contributed by atoms with E-state index in [0.717, 1.165) is 34.3 Å². The molecule has 10 nitrogen and oxygen atoms in total. The second-order valence-corrected chi connectivity index (χ2v) is 8.79. The number of carbonyl (C=O) groups excluding carboxylic acids is 2. The maximum Gasteiger partial charge on any atom is 0.523 e. The maximum absolute atomic E-state index is 13.3. The highest BCUT2D eigenvalue weighted by atomic mass is 16.4. The largest absolute Gasteiger partial charge is 0.523 e. The SMILES string of the molecule is C[C@H]1Cc2c([nH]c3ccccc23)C[N+]1(C(=O)O)C(=O)NCCc1ccccc1NC(=O)C=CC(=O)O. The number of fused-ring (bicyclic) bond motifs is 3. The Labute approximate surface area is 206 Å². The van der Waals surface area contributed by atoms with E-state index in [0.29, 0.717) is 24.1 Å². The Morgan fingerprint density at radius 3 is 2.53 bits per heavy atom. The van der Waals surface area contributed by atoms with E-state index in [2.05, 4.69) is 15.6 Å². The lowest BCUT2D eigenvalue weighted by Crippen LogP contribution is -2.66. The number of hydrogen-bond donors (Lipinski definition) is 5. The van der Waals surface area contributed by atoms with Crippen LogP contribution in [0, 0.1) is 0 Å². The van der Waals surface area contributed by atoms with E-state index >= 15 is 0 Å². The molecule has 3 aromatic rings. The second kappa shape index (κ2) is 10.0. The lowest BCUT2D eigenvalue weighted by atomic mass is 9.95. The highest BCUT2D eigenvalue weighted by molar-refractivity contribution is 6.02. The van der Waals surface area contributed by atoms with Crippen molar-refractivity contribution in [1.29, 1.82) is 0 Å². The number of imide groups is 1. The number of para-hydroxylation sites is 2. The Morgan fingerprint density at radius 2 is 1.78 bits per heavy atom. The smallest absolute Gasteiger partial charge is 0.478 e. The Kier molecular flexibility index (Phi) is 6.89. The fourth-order valence-electron chi connectivity index (χ4n) is 4.72. The van der Waals surface area contributed by atoms with Crippen LogP contribution in [0.2, 0.25) is 0 Å². The number of rotatable bonds is 6. The van der Waals surface area contributed by atoms with E-state index in [1.807, 2.05) is 24.3 Å². The zero-order chi connectivity index (χ0) is 25.9. The first-order chi connectivity index (χ1) is 17.2. The molecule has 4 rings (SSSR count). The molecule has 0 radical (unpaired) electrons. The zero-order valence-electron chi connectivity index (χ0n) is 19.7. The number of urea groups is 1. The van der Waals surface area contributed by atoms with Crippen LogP contribution in [-0.2, 0) is 29.0 Å². The minimum Gasteiger partial charge on any atom is -0.478 e. The molecule has 186 valence electrons. The summed E-state index contributed by atoms with van der Waals surface area (Å²) in [6.45, 7) is 1.93. The van der Waals surface area contributed by atoms with Crippen molar-refractivity contribution in [2.45, 2.75) is 32.4 Å². The maximum atomic E-state index is 13.3. The van der Waals surface area contributed by atoms with Crippen LogP contribution in [0.25, 0.3) is 10.9 Å². The van der Waals surface area contributed by atoms with Gasteiger partial charge in [-0.3, -0.25) is 4.79 Å². The lowest BCUT2D eigenvalue weighted by Gasteiger charge is -2.38. The lowest BCUT2D eigenvalue weighted by molar-refractivity contribution is -0.818. The number of hydrogen-bond acceptors (Lipinski definition) is 4. The number of carboxylic acid groups (broad SMARTS) is 2. The molecule has 2 atom stereocenters. The van der Waals surface area contributed by atoms with Gasteiger partial charge in [0, 0.05) is 41.7 Å². The minimum atomic E-state index is -1.23. The van der Waals surface area contributed by atoms with E-state index in [4.69, 9.17) is 5.11 Å². The third-order valence-corrected chi connectivity index (χ3v) is 6.59. The van der Waals surface area contributed by atoms with Gasteiger partial charge in [-0.15, -0.1) is 4.48 Å². The highest BCUT2D eigenvalue weighted by Crippen LogP contribution is 2.35. The number of nitrogens with one attached hydrogen (secondary N) is 3. The van der Waals surface area contributed by atoms with Crippen LogP contribution in [0.3, 0.4) is 0 Å². The predicted octanol–water partition coefficient (Wildman–Crippen LogP) is 3.64. The Morgan fingerprint density at radius 1 is 1.06 bits per heavy atom. The number of nitrogens with zero attached hydrogens (tertiary/aromatic N) is 1. The fourth-order valence-corrected chi connectivity index (χ4v) is 4.72. The van der Waals surface area contributed by atoms with Gasteiger partial charge in [0.2, 0.25) is 5.91 Å². The van der Waals surface area contributed by atoms with Crippen molar-refractivity contribution in [3.05, 3.63) is 77.5 Å². The number of amides is 4. The molecule has 1 aliphatic rings. The summed E-state index contributed by atoms with van der Waals surface area (Å²) in [4.78, 5) is 51.7. The summed E-state index contributed by atoms with van der Waals surface area (Å²) in [6, 6.07) is 13.6. The number of aromatic amines is 1. The van der Waals surface area contributed by atoms with Crippen LogP contribution in [0.4, 0.5) is 15.3 Å². The molecule has 0 bridgehead atoms. The van der Waals surface area contributed by atoms with Crippen molar-refractivity contribution in [2.75, 3.05) is 11.9 Å². The number of aliphatic carboxylic acids is 1. The van der Waals surface area contributed by atoms with Crippen molar-refractivity contribution in [3.63, 3.8) is 0 Å². The summed E-state index contributed by atoms with van der Waals surface area (Å²) >= 11 is 0. The molecule has 4 amide bonds. The molecule has 0 spiro atoms. The average Bonchev–Trinajstić information content (AvgIpc) is 3.20. The van der Waals surface area contributed by atoms with Crippen LogP contribution in [-0.4, -0.2) is 56.3 Å². The molecule has 2 aromatic carbocycles. The van der Waals surface area contributed by atoms with Gasteiger partial charge >= 0.3 is 18.1 Å². The number of carbonyl (C=O) groups is 4. The molecule has 1 unspecified atom stereocenters. The number of carboxylic acids is 1. The van der Waals surface area contributed by atoms with Gasteiger partial charge in [-0.2, -0.15) is 4.79 Å². The van der Waals surface area contributed by atoms with Gasteiger partial charge in [0.05, 0.1) is 5.69 Å². The van der Waals surface area contributed by atoms with Gasteiger partial charge in [0.1, 0.15) is 12.6 Å². The van der Waals surface area contributed by atoms with Crippen LogP contribution in [0.5, 0.6) is 0 Å². The van der Waals surface area contributed by atoms with Crippen molar-refractivity contribution < 1.29 is 33.9 Å². The van der Waals surface area contributed by atoms with E-state index < -0.39 is 34.5 Å². The summed E-state index contributed by atoms with van der Waals surface area (Å²) in [5.41, 5.74) is 3.89. The summed E-state index contributed by atoms with van der Waals surface area (Å²) in [7, 11) is 0. The first-order valence-electron chi connectivity index (χ1n) is 11.5. The highest BCUT2D eigenvalue weighted by Gasteiger charge is 2.53. The van der Waals surface area contributed by atoms with Crippen LogP contribution >= 0.6 is 0 Å². The third kappa shape index (κ3) is 4.71. The molecule has 1 aliphatic heterocycles. The average molecular weight is 492 g/mol. The number of anilines is 1. The molecule has 0 aliphatic carbocycles. The Bertz CT molecular complexity index is 1380. The number of quaternary nitrogens is 1. The van der Waals surface area contributed by atoms with Gasteiger partial charge in [-0.05, 0) is 36.6 Å². The molecule has 2 heterocycles. The molecule has 0 saturated heterocycles. The monoisotopic (exact) mass is 491 g/mol. The van der Waals surface area contributed by atoms with Gasteiger partial charge in [0.15, 0.2) is 0 Å². The zero-order valence-corrected chi connectivity index (χ0v) is 19.7. The molecule has 0 fully saturated rings. The van der Waals surface area contributed by atoms with Gasteiger partial charge in [-0.1, -0.05) is 36.4 Å². The van der Waals surface area contributed by atoms with E-state index in [-0.39, 0.29) is 13.1 Å². The standard InChI is InChI=1S/C26H26N4O6/c1-16-14-19-18-7-3-5-9-21(18)28-22(19)15-30(16,26(35)36)25(34)27-13-12-17-6-2-4-8-20(17)29-23(31)10-11-24(32)33/h2-11,16,28H,12-15H2,1H3,(H3-,27,29,31,32,33,34,35,36)/p+1/t16-,30?/m0/s1. The first-order valence-corrected chi connectivity index (χ1v) is 11.5. The summed E-state index contributed by atoms with van der Waals surface area (Å²) < 4.78 is -0.766. The van der Waals surface area contributed by atoms with Crippen molar-refractivity contribution in [3.8, 4) is 0 Å². The van der Waals surface area contributed by atoms with Crippen LogP contribution in [0.1, 0.15) is 23.7 Å². The summed E-state index contributed by atoms with van der Waals surface area (Å²) in [5, 5.41) is 25.3. The molecule has 1 aromatic heterocycles. The third-order valence-electron chi connectivity index (χ3n) is 6.59. The van der Waals surface area contributed by atoms with Crippen LogP contribution < -0.4 is 10.6 Å². The minimum absolute atomic E-state index is 0.00883. The Hall–Kier alpha value is -4.44. The van der Waals surface area contributed by atoms with E-state index in [9.17, 15) is 24.3 Å². The summed E-state index contributed by atoms with van der Waals surface area (Å²) in [5.74, 6) is -1.83. The molecule has 10 heteroatoms. The van der Waals surface area contributed by atoms with Gasteiger partial charge < -0.3 is 25.8 Å². The van der Waals surface area contributed by atoms with Gasteiger partial charge in [-0.25, -0.2) is 9.59 Å². The first kappa shape index (κ1) is 24.7. The Balaban J connectivity index is 1.48. The van der Waals surface area contributed by atoms with Crippen molar-refractivity contribution >= 4 is 40.6 Å². The summed E-state index contributed by atoms with van der Waals surface area (Å²) in [6.07, 6.45) is 1.21. The topological polar surface area (TPSA) is 149 Å². The van der Waals surface area contributed by atoms with E-state index in [1.54, 1.807) is 31.2 Å². The fraction of sp³-hybridized carbons (Fsp3) is 0.231. The normalized spacial score (nSPS) is 19.1.